The maximum Gasteiger partial charge on any atom is 0.169 e. The fourth-order valence-corrected chi connectivity index (χ4v) is 2.16. The standard InChI is InChI=1S/C12H17BrFNO/c1-7(4-5-15)9-6-8(2)10(13)12(16-3)11(9)14/h6-7H,4-5,15H2,1-3H3. The number of hydrogen-bond acceptors (Lipinski definition) is 2. The third-order valence-corrected chi connectivity index (χ3v) is 3.69. The Morgan fingerprint density at radius 2 is 2.19 bits per heavy atom. The van der Waals surface area contributed by atoms with E-state index in [4.69, 9.17) is 10.5 Å². The molecule has 2 nitrogen and oxygen atoms in total. The molecule has 0 radical (unpaired) electrons. The van der Waals surface area contributed by atoms with Gasteiger partial charge in [0.05, 0.1) is 11.6 Å². The van der Waals surface area contributed by atoms with Crippen molar-refractivity contribution < 1.29 is 9.13 Å². The number of halogens is 2. The molecule has 0 bridgehead atoms. The van der Waals surface area contributed by atoms with Crippen LogP contribution in [0, 0.1) is 12.7 Å². The zero-order valence-corrected chi connectivity index (χ0v) is 11.4. The Morgan fingerprint density at radius 1 is 1.56 bits per heavy atom. The summed E-state index contributed by atoms with van der Waals surface area (Å²) in [6.45, 7) is 4.45. The monoisotopic (exact) mass is 289 g/mol. The lowest BCUT2D eigenvalue weighted by Crippen LogP contribution is -2.07. The molecule has 1 unspecified atom stereocenters. The van der Waals surface area contributed by atoms with Crippen LogP contribution in [0.15, 0.2) is 10.5 Å². The molecule has 4 heteroatoms. The van der Waals surface area contributed by atoms with E-state index in [1.807, 2.05) is 19.9 Å². The third kappa shape index (κ3) is 2.55. The molecule has 0 heterocycles. The summed E-state index contributed by atoms with van der Waals surface area (Å²) in [6.07, 6.45) is 0.765. The molecule has 0 amide bonds. The Morgan fingerprint density at radius 3 is 2.69 bits per heavy atom. The van der Waals surface area contributed by atoms with E-state index in [0.717, 1.165) is 12.0 Å². The molecule has 0 aromatic heterocycles. The van der Waals surface area contributed by atoms with E-state index in [9.17, 15) is 4.39 Å². The number of ether oxygens (including phenoxy) is 1. The summed E-state index contributed by atoms with van der Waals surface area (Å²) in [7, 11) is 1.47. The summed E-state index contributed by atoms with van der Waals surface area (Å²) in [5.74, 6) is 0.0884. The van der Waals surface area contributed by atoms with E-state index >= 15 is 0 Å². The predicted octanol–water partition coefficient (Wildman–Crippen LogP) is 3.36. The summed E-state index contributed by atoms with van der Waals surface area (Å²) in [4.78, 5) is 0. The molecule has 0 saturated carbocycles. The van der Waals surface area contributed by atoms with Crippen LogP contribution in [-0.4, -0.2) is 13.7 Å². The van der Waals surface area contributed by atoms with E-state index in [1.54, 1.807) is 0 Å². The molecule has 1 atom stereocenters. The number of nitrogens with two attached hydrogens (primary N) is 1. The third-order valence-electron chi connectivity index (χ3n) is 2.71. The van der Waals surface area contributed by atoms with Crippen molar-refractivity contribution in [2.75, 3.05) is 13.7 Å². The number of methoxy groups -OCH3 is 1. The minimum absolute atomic E-state index is 0.102. The zero-order chi connectivity index (χ0) is 12.3. The quantitative estimate of drug-likeness (QED) is 0.923. The molecule has 0 saturated heterocycles. The van der Waals surface area contributed by atoms with Gasteiger partial charge in [-0.1, -0.05) is 13.0 Å². The Kier molecular flexibility index (Phi) is 4.74. The highest BCUT2D eigenvalue weighted by Crippen LogP contribution is 2.36. The molecule has 0 fully saturated rings. The normalized spacial score (nSPS) is 12.6. The largest absolute Gasteiger partial charge is 0.492 e. The predicted molar refractivity (Wildman–Crippen MR) is 67.5 cm³/mol. The van der Waals surface area contributed by atoms with Gasteiger partial charge in [-0.2, -0.15) is 0 Å². The minimum Gasteiger partial charge on any atom is -0.492 e. The molecule has 0 aliphatic heterocycles. The van der Waals surface area contributed by atoms with Crippen molar-refractivity contribution >= 4 is 15.9 Å². The van der Waals surface area contributed by atoms with Crippen LogP contribution in [0.1, 0.15) is 30.4 Å². The van der Waals surface area contributed by atoms with Crippen molar-refractivity contribution in [1.82, 2.24) is 0 Å². The first kappa shape index (κ1) is 13.5. The van der Waals surface area contributed by atoms with Gasteiger partial charge in [-0.05, 0) is 52.9 Å². The van der Waals surface area contributed by atoms with Crippen molar-refractivity contribution in [2.24, 2.45) is 5.73 Å². The summed E-state index contributed by atoms with van der Waals surface area (Å²) in [6, 6.07) is 1.85. The lowest BCUT2D eigenvalue weighted by atomic mass is 9.95. The van der Waals surface area contributed by atoms with Crippen molar-refractivity contribution in [3.05, 3.63) is 27.5 Å². The van der Waals surface area contributed by atoms with Gasteiger partial charge in [-0.15, -0.1) is 0 Å². The van der Waals surface area contributed by atoms with E-state index in [-0.39, 0.29) is 17.5 Å². The average Bonchev–Trinajstić information content (AvgIpc) is 2.24. The zero-order valence-electron chi connectivity index (χ0n) is 9.81. The topological polar surface area (TPSA) is 35.2 Å². The Hall–Kier alpha value is -0.610. The van der Waals surface area contributed by atoms with Crippen molar-refractivity contribution in [1.29, 1.82) is 0 Å². The van der Waals surface area contributed by atoms with Gasteiger partial charge in [-0.25, -0.2) is 4.39 Å². The van der Waals surface area contributed by atoms with E-state index < -0.39 is 0 Å². The first-order valence-electron chi connectivity index (χ1n) is 5.25. The summed E-state index contributed by atoms with van der Waals surface area (Å²) in [5, 5.41) is 0. The van der Waals surface area contributed by atoms with Gasteiger partial charge >= 0.3 is 0 Å². The molecule has 1 rings (SSSR count). The number of benzene rings is 1. The molecule has 1 aromatic carbocycles. The smallest absolute Gasteiger partial charge is 0.169 e. The molecular formula is C12H17BrFNO. The lowest BCUT2D eigenvalue weighted by molar-refractivity contribution is 0.379. The maximum atomic E-state index is 14.1. The molecule has 0 aliphatic carbocycles. The maximum absolute atomic E-state index is 14.1. The van der Waals surface area contributed by atoms with Gasteiger partial charge in [-0.3, -0.25) is 0 Å². The van der Waals surface area contributed by atoms with Gasteiger partial charge in [0, 0.05) is 0 Å². The molecule has 2 N–H and O–H groups in total. The Balaban J connectivity index is 3.25. The summed E-state index contributed by atoms with van der Waals surface area (Å²) >= 11 is 3.32. The number of hydrogen-bond donors (Lipinski definition) is 1. The van der Waals surface area contributed by atoms with Crippen LogP contribution in [0.2, 0.25) is 0 Å². The van der Waals surface area contributed by atoms with Crippen molar-refractivity contribution in [3.8, 4) is 5.75 Å². The van der Waals surface area contributed by atoms with E-state index in [2.05, 4.69) is 15.9 Å². The van der Waals surface area contributed by atoms with Gasteiger partial charge in [0.25, 0.3) is 0 Å². The van der Waals surface area contributed by atoms with Gasteiger partial charge in [0.1, 0.15) is 0 Å². The fraction of sp³-hybridized carbons (Fsp3) is 0.500. The van der Waals surface area contributed by atoms with E-state index in [0.29, 0.717) is 16.6 Å². The lowest BCUT2D eigenvalue weighted by Gasteiger charge is -2.16. The molecule has 0 spiro atoms. The van der Waals surface area contributed by atoms with Crippen LogP contribution in [0.4, 0.5) is 4.39 Å². The SMILES string of the molecule is COc1c(F)c(C(C)CCN)cc(C)c1Br. The Bertz CT molecular complexity index is 382. The molecule has 0 aliphatic rings. The van der Waals surface area contributed by atoms with E-state index in [1.165, 1.54) is 7.11 Å². The second-order valence-electron chi connectivity index (χ2n) is 3.92. The van der Waals surface area contributed by atoms with Crippen molar-refractivity contribution in [3.63, 3.8) is 0 Å². The molecular weight excluding hydrogens is 273 g/mol. The molecule has 1 aromatic rings. The highest BCUT2D eigenvalue weighted by atomic mass is 79.9. The highest BCUT2D eigenvalue weighted by Gasteiger charge is 2.18. The molecule has 90 valence electrons. The average molecular weight is 290 g/mol. The van der Waals surface area contributed by atoms with Gasteiger partial charge < -0.3 is 10.5 Å². The van der Waals surface area contributed by atoms with Gasteiger partial charge in [0.2, 0.25) is 0 Å². The Labute approximate surface area is 104 Å². The minimum atomic E-state index is -0.291. The highest BCUT2D eigenvalue weighted by molar-refractivity contribution is 9.10. The number of aryl methyl sites for hydroxylation is 1. The van der Waals surface area contributed by atoms with Crippen LogP contribution in [-0.2, 0) is 0 Å². The summed E-state index contributed by atoms with van der Waals surface area (Å²) < 4.78 is 19.8. The second kappa shape index (κ2) is 5.64. The van der Waals surface area contributed by atoms with Crippen molar-refractivity contribution in [2.45, 2.75) is 26.2 Å². The number of rotatable bonds is 4. The first-order chi connectivity index (χ1) is 7.52. The van der Waals surface area contributed by atoms with Crippen LogP contribution in [0.3, 0.4) is 0 Å². The van der Waals surface area contributed by atoms with Crippen LogP contribution in [0.25, 0.3) is 0 Å². The van der Waals surface area contributed by atoms with Crippen LogP contribution < -0.4 is 10.5 Å². The van der Waals surface area contributed by atoms with Crippen LogP contribution in [0.5, 0.6) is 5.75 Å². The fourth-order valence-electron chi connectivity index (χ4n) is 1.71. The molecule has 16 heavy (non-hydrogen) atoms. The van der Waals surface area contributed by atoms with Gasteiger partial charge in [0.15, 0.2) is 11.6 Å². The first-order valence-corrected chi connectivity index (χ1v) is 6.04. The second-order valence-corrected chi connectivity index (χ2v) is 4.72. The van der Waals surface area contributed by atoms with Crippen LogP contribution >= 0.6 is 15.9 Å². The summed E-state index contributed by atoms with van der Waals surface area (Å²) in [5.41, 5.74) is 7.13.